The molecule has 6 heteroatoms. The number of hydrogen-bond donors (Lipinski definition) is 0. The summed E-state index contributed by atoms with van der Waals surface area (Å²) in [6.07, 6.45) is 3.29. The summed E-state index contributed by atoms with van der Waals surface area (Å²) in [5.74, 6) is 0.297. The van der Waals surface area contributed by atoms with Crippen LogP contribution in [-0.4, -0.2) is 22.8 Å². The number of benzene rings is 2. The van der Waals surface area contributed by atoms with Crippen molar-refractivity contribution in [2.24, 2.45) is 0 Å². The Bertz CT molecular complexity index is 998. The fourth-order valence-corrected chi connectivity index (χ4v) is 3.38. The second-order valence-corrected chi connectivity index (χ2v) is 7.79. The van der Waals surface area contributed by atoms with Crippen LogP contribution in [0.3, 0.4) is 0 Å². The van der Waals surface area contributed by atoms with Gasteiger partial charge in [-0.1, -0.05) is 24.3 Å². The number of carbonyl (C=O) groups excluding carboxylic acids is 1. The first kappa shape index (κ1) is 20.7. The van der Waals surface area contributed by atoms with Gasteiger partial charge in [0.2, 0.25) is 5.91 Å². The van der Waals surface area contributed by atoms with Gasteiger partial charge in [0.05, 0.1) is 16.7 Å². The predicted octanol–water partition coefficient (Wildman–Crippen LogP) is 5.40. The quantitative estimate of drug-likeness (QED) is 0.490. The molecule has 1 atom stereocenters. The Morgan fingerprint density at radius 2 is 2.03 bits per heavy atom. The predicted molar refractivity (Wildman–Crippen MR) is 114 cm³/mol. The number of hydrogen-bond acceptors (Lipinski definition) is 4. The molecule has 0 N–H and O–H groups in total. The molecular weight excluding hydrogens is 387 g/mol. The van der Waals surface area contributed by atoms with Gasteiger partial charge in [-0.2, -0.15) is 0 Å². The second kappa shape index (κ2) is 9.47. The summed E-state index contributed by atoms with van der Waals surface area (Å²) in [4.78, 5) is 18.5. The standard InChI is InChI=1S/C23H23FN2O2S/c1-16(19-8-10-20(24)11-9-19)26(3)23(27)12-7-18-5-4-6-22(13-18)28-14-21-15-29-17(2)25-21/h4-13,15-16H,14H2,1-3H3/b12-7+. The summed E-state index contributed by atoms with van der Waals surface area (Å²) >= 11 is 1.59. The average molecular weight is 411 g/mol. The molecule has 29 heavy (non-hydrogen) atoms. The van der Waals surface area contributed by atoms with Gasteiger partial charge in [0.25, 0.3) is 0 Å². The Morgan fingerprint density at radius 3 is 2.72 bits per heavy atom. The molecule has 0 radical (unpaired) electrons. The van der Waals surface area contributed by atoms with Crippen molar-refractivity contribution in [2.45, 2.75) is 26.5 Å². The summed E-state index contributed by atoms with van der Waals surface area (Å²) in [6, 6.07) is 13.6. The highest BCUT2D eigenvalue weighted by atomic mass is 32.1. The molecule has 0 spiro atoms. The Labute approximate surface area is 174 Å². The van der Waals surface area contributed by atoms with Crippen LogP contribution in [-0.2, 0) is 11.4 Å². The first-order valence-corrected chi connectivity index (χ1v) is 10.1. The fraction of sp³-hybridized carbons (Fsp3) is 0.217. The molecular formula is C23H23FN2O2S. The van der Waals surface area contributed by atoms with Crippen molar-refractivity contribution < 1.29 is 13.9 Å². The third-order valence-electron chi connectivity index (χ3n) is 4.61. The molecule has 0 saturated carbocycles. The van der Waals surface area contributed by atoms with E-state index in [9.17, 15) is 9.18 Å². The lowest BCUT2D eigenvalue weighted by Gasteiger charge is -2.24. The van der Waals surface area contributed by atoms with Gasteiger partial charge in [-0.15, -0.1) is 11.3 Å². The van der Waals surface area contributed by atoms with Gasteiger partial charge in [0.15, 0.2) is 0 Å². The topological polar surface area (TPSA) is 42.4 Å². The van der Waals surface area contributed by atoms with E-state index in [4.69, 9.17) is 4.74 Å². The zero-order chi connectivity index (χ0) is 20.8. The summed E-state index contributed by atoms with van der Waals surface area (Å²) in [7, 11) is 1.73. The third-order valence-corrected chi connectivity index (χ3v) is 5.43. The molecule has 4 nitrogen and oxygen atoms in total. The maximum absolute atomic E-state index is 13.1. The average Bonchev–Trinajstić information content (AvgIpc) is 3.15. The van der Waals surface area contributed by atoms with E-state index in [1.807, 2.05) is 43.5 Å². The zero-order valence-electron chi connectivity index (χ0n) is 16.6. The second-order valence-electron chi connectivity index (χ2n) is 6.73. The van der Waals surface area contributed by atoms with Gasteiger partial charge in [-0.25, -0.2) is 9.37 Å². The van der Waals surface area contributed by atoms with Crippen molar-refractivity contribution in [3.05, 3.63) is 87.6 Å². The number of amides is 1. The largest absolute Gasteiger partial charge is 0.487 e. The number of halogens is 1. The maximum Gasteiger partial charge on any atom is 0.246 e. The van der Waals surface area contributed by atoms with Crippen LogP contribution in [0.1, 0.15) is 34.8 Å². The van der Waals surface area contributed by atoms with Crippen molar-refractivity contribution in [2.75, 3.05) is 7.05 Å². The lowest BCUT2D eigenvalue weighted by atomic mass is 10.1. The highest BCUT2D eigenvalue weighted by Crippen LogP contribution is 2.20. The Kier molecular flexibility index (Phi) is 6.77. The van der Waals surface area contributed by atoms with E-state index in [0.29, 0.717) is 6.61 Å². The molecule has 3 aromatic rings. The van der Waals surface area contributed by atoms with Crippen molar-refractivity contribution in [1.82, 2.24) is 9.88 Å². The van der Waals surface area contributed by atoms with E-state index in [0.717, 1.165) is 27.6 Å². The monoisotopic (exact) mass is 410 g/mol. The first-order chi connectivity index (χ1) is 13.9. The van der Waals surface area contributed by atoms with E-state index >= 15 is 0 Å². The smallest absolute Gasteiger partial charge is 0.246 e. The SMILES string of the molecule is Cc1nc(COc2cccc(/C=C/C(=O)N(C)C(C)c3ccc(F)cc3)c2)cs1. The van der Waals surface area contributed by atoms with Gasteiger partial charge < -0.3 is 9.64 Å². The van der Waals surface area contributed by atoms with Crippen molar-refractivity contribution in [3.8, 4) is 5.75 Å². The molecule has 0 bridgehead atoms. The van der Waals surface area contributed by atoms with Crippen LogP contribution in [0.5, 0.6) is 5.75 Å². The summed E-state index contributed by atoms with van der Waals surface area (Å²) in [5.41, 5.74) is 2.65. The molecule has 0 fully saturated rings. The molecule has 1 heterocycles. The molecule has 1 amide bonds. The number of thiazole rings is 1. The third kappa shape index (κ3) is 5.74. The highest BCUT2D eigenvalue weighted by molar-refractivity contribution is 7.09. The summed E-state index contributed by atoms with van der Waals surface area (Å²) in [5, 5.41) is 2.99. The van der Waals surface area contributed by atoms with Gasteiger partial charge in [-0.3, -0.25) is 4.79 Å². The van der Waals surface area contributed by atoms with Crippen LogP contribution >= 0.6 is 11.3 Å². The van der Waals surface area contributed by atoms with Crippen LogP contribution in [0, 0.1) is 12.7 Å². The minimum atomic E-state index is -0.290. The summed E-state index contributed by atoms with van der Waals surface area (Å²) < 4.78 is 18.9. The van der Waals surface area contributed by atoms with E-state index in [1.54, 1.807) is 41.5 Å². The molecule has 0 aliphatic heterocycles. The minimum Gasteiger partial charge on any atom is -0.487 e. The van der Waals surface area contributed by atoms with E-state index in [-0.39, 0.29) is 17.8 Å². The van der Waals surface area contributed by atoms with Crippen molar-refractivity contribution in [3.63, 3.8) is 0 Å². The Balaban J connectivity index is 1.61. The lowest BCUT2D eigenvalue weighted by Crippen LogP contribution is -2.27. The van der Waals surface area contributed by atoms with E-state index < -0.39 is 0 Å². The van der Waals surface area contributed by atoms with Crippen molar-refractivity contribution >= 4 is 23.3 Å². The van der Waals surface area contributed by atoms with Gasteiger partial charge in [0, 0.05) is 18.5 Å². The summed E-state index contributed by atoms with van der Waals surface area (Å²) in [6.45, 7) is 4.28. The number of rotatable bonds is 7. The van der Waals surface area contributed by atoms with Crippen LogP contribution in [0.25, 0.3) is 6.08 Å². The molecule has 2 aromatic carbocycles. The molecule has 1 unspecified atom stereocenters. The van der Waals surface area contributed by atoms with Crippen LogP contribution in [0.4, 0.5) is 4.39 Å². The molecule has 0 saturated heterocycles. The van der Waals surface area contributed by atoms with Gasteiger partial charge >= 0.3 is 0 Å². The molecule has 0 aliphatic carbocycles. The maximum atomic E-state index is 13.1. The molecule has 0 aliphatic rings. The number of likely N-dealkylation sites (N-methyl/N-ethyl adjacent to an activating group) is 1. The molecule has 150 valence electrons. The van der Waals surface area contributed by atoms with Crippen LogP contribution in [0.2, 0.25) is 0 Å². The van der Waals surface area contributed by atoms with Crippen molar-refractivity contribution in [1.29, 1.82) is 0 Å². The van der Waals surface area contributed by atoms with Gasteiger partial charge in [-0.05, 0) is 55.3 Å². The number of aryl methyl sites for hydroxylation is 1. The van der Waals surface area contributed by atoms with E-state index in [1.165, 1.54) is 18.2 Å². The van der Waals surface area contributed by atoms with Gasteiger partial charge in [0.1, 0.15) is 18.2 Å². The first-order valence-electron chi connectivity index (χ1n) is 9.26. The van der Waals surface area contributed by atoms with E-state index in [2.05, 4.69) is 4.98 Å². The minimum absolute atomic E-state index is 0.133. The van der Waals surface area contributed by atoms with Crippen LogP contribution in [0.15, 0.2) is 60.0 Å². The molecule has 3 rings (SSSR count). The normalized spacial score (nSPS) is 12.1. The number of carbonyl (C=O) groups is 1. The Hall–Kier alpha value is -2.99. The zero-order valence-corrected chi connectivity index (χ0v) is 17.4. The fourth-order valence-electron chi connectivity index (χ4n) is 2.78. The number of aromatic nitrogens is 1. The highest BCUT2D eigenvalue weighted by Gasteiger charge is 2.15. The van der Waals surface area contributed by atoms with Crippen LogP contribution < -0.4 is 4.74 Å². The molecule has 1 aromatic heterocycles. The lowest BCUT2D eigenvalue weighted by molar-refractivity contribution is -0.126. The Morgan fingerprint density at radius 1 is 1.28 bits per heavy atom. The number of nitrogens with zero attached hydrogens (tertiary/aromatic N) is 2. The number of ether oxygens (including phenoxy) is 1.